The molecule has 0 aliphatic carbocycles. The molecule has 3 rings (SSSR count). The van der Waals surface area contributed by atoms with Crippen molar-refractivity contribution in [2.75, 3.05) is 49.9 Å². The van der Waals surface area contributed by atoms with Gasteiger partial charge in [-0.15, -0.1) is 0 Å². The maximum atomic E-state index is 13.2. The van der Waals surface area contributed by atoms with Crippen LogP contribution in [-0.4, -0.2) is 51.1 Å². The van der Waals surface area contributed by atoms with Gasteiger partial charge >= 0.3 is 0 Å². The van der Waals surface area contributed by atoms with E-state index in [1.54, 1.807) is 18.2 Å². The lowest BCUT2D eigenvalue weighted by atomic mass is 10.2. The summed E-state index contributed by atoms with van der Waals surface area (Å²) in [5.41, 5.74) is 2.13. The van der Waals surface area contributed by atoms with Crippen LogP contribution in [-0.2, 0) is 9.59 Å². The number of carbonyl (C=O) groups excluding carboxylic acids is 2. The molecule has 1 aliphatic rings. The highest BCUT2D eigenvalue weighted by atomic mass is 35.5. The lowest BCUT2D eigenvalue weighted by Crippen LogP contribution is -3.28. The monoisotopic (exact) mass is 420 g/mol. The van der Waals surface area contributed by atoms with Crippen LogP contribution < -0.4 is 20.4 Å². The van der Waals surface area contributed by atoms with Crippen molar-refractivity contribution in [2.24, 2.45) is 0 Å². The van der Waals surface area contributed by atoms with Gasteiger partial charge in [0.1, 0.15) is 32.0 Å². The Labute approximate surface area is 174 Å². The summed E-state index contributed by atoms with van der Waals surface area (Å²) in [6.45, 7) is 5.85. The van der Waals surface area contributed by atoms with Crippen molar-refractivity contribution >= 4 is 34.8 Å². The molecule has 0 saturated carbocycles. The molecule has 1 fully saturated rings. The van der Waals surface area contributed by atoms with Gasteiger partial charge in [-0.2, -0.15) is 0 Å². The maximum Gasteiger partial charge on any atom is 0.279 e. The van der Waals surface area contributed by atoms with Gasteiger partial charge in [-0.05, 0) is 42.8 Å². The van der Waals surface area contributed by atoms with Gasteiger partial charge < -0.3 is 20.4 Å². The normalized spacial score (nSPS) is 18.9. The highest BCUT2D eigenvalue weighted by Crippen LogP contribution is 2.19. The van der Waals surface area contributed by atoms with E-state index in [9.17, 15) is 14.0 Å². The number of piperazine rings is 1. The molecule has 29 heavy (non-hydrogen) atoms. The lowest BCUT2D eigenvalue weighted by Gasteiger charge is -2.29. The molecule has 1 heterocycles. The Hall–Kier alpha value is -2.48. The van der Waals surface area contributed by atoms with Crippen LogP contribution in [0.3, 0.4) is 0 Å². The SMILES string of the molecule is Cc1ccc(NC(=O)C[NH+]2CC[NH+](CC(=O)Nc3cccc(F)c3)CC2)cc1Cl. The van der Waals surface area contributed by atoms with Crippen LogP contribution in [0.15, 0.2) is 42.5 Å². The molecule has 2 amide bonds. The van der Waals surface area contributed by atoms with Gasteiger partial charge in [0.25, 0.3) is 11.8 Å². The van der Waals surface area contributed by atoms with Crippen LogP contribution in [0.1, 0.15) is 5.56 Å². The molecule has 0 bridgehead atoms. The zero-order valence-electron chi connectivity index (χ0n) is 16.4. The zero-order chi connectivity index (χ0) is 20.8. The Bertz CT molecular complexity index is 885. The highest BCUT2D eigenvalue weighted by molar-refractivity contribution is 6.31. The first-order valence-electron chi connectivity index (χ1n) is 9.67. The molecule has 0 spiro atoms. The molecule has 0 atom stereocenters. The summed E-state index contributed by atoms with van der Waals surface area (Å²) in [6, 6.07) is 11.3. The molecule has 0 aromatic heterocycles. The van der Waals surface area contributed by atoms with Crippen LogP contribution in [0.25, 0.3) is 0 Å². The first-order chi connectivity index (χ1) is 13.9. The minimum atomic E-state index is -0.376. The second kappa shape index (κ2) is 9.82. The predicted octanol–water partition coefficient (Wildman–Crippen LogP) is 0.148. The van der Waals surface area contributed by atoms with Gasteiger partial charge in [-0.1, -0.05) is 23.7 Å². The summed E-state index contributed by atoms with van der Waals surface area (Å²) in [5.74, 6) is -0.561. The zero-order valence-corrected chi connectivity index (χ0v) is 17.1. The van der Waals surface area contributed by atoms with Crippen molar-refractivity contribution < 1.29 is 23.8 Å². The minimum Gasteiger partial charge on any atom is -0.321 e. The molecule has 1 aliphatic heterocycles. The number of amides is 2. The molecule has 6 nitrogen and oxygen atoms in total. The molecule has 0 radical (unpaired) electrons. The summed E-state index contributed by atoms with van der Waals surface area (Å²) < 4.78 is 13.2. The van der Waals surface area contributed by atoms with Gasteiger partial charge in [0.15, 0.2) is 13.1 Å². The smallest absolute Gasteiger partial charge is 0.279 e. The van der Waals surface area contributed by atoms with E-state index in [4.69, 9.17) is 11.6 Å². The van der Waals surface area contributed by atoms with E-state index in [1.165, 1.54) is 17.0 Å². The van der Waals surface area contributed by atoms with Gasteiger partial charge in [-0.25, -0.2) is 4.39 Å². The lowest BCUT2D eigenvalue weighted by molar-refractivity contribution is -1.00. The molecular formula is C21H26ClFN4O2+2. The Morgan fingerprint density at radius 3 is 2.00 bits per heavy atom. The molecular weight excluding hydrogens is 395 g/mol. The van der Waals surface area contributed by atoms with Crippen molar-refractivity contribution in [3.05, 3.63) is 58.9 Å². The van der Waals surface area contributed by atoms with Crippen LogP contribution in [0.4, 0.5) is 15.8 Å². The van der Waals surface area contributed by atoms with Crippen LogP contribution in [0.5, 0.6) is 0 Å². The largest absolute Gasteiger partial charge is 0.321 e. The fourth-order valence-electron chi connectivity index (χ4n) is 3.41. The number of quaternary nitrogens is 2. The summed E-state index contributed by atoms with van der Waals surface area (Å²) in [6.07, 6.45) is 0. The molecule has 0 unspecified atom stereocenters. The Kier molecular flexibility index (Phi) is 7.19. The van der Waals surface area contributed by atoms with E-state index < -0.39 is 0 Å². The molecule has 4 N–H and O–H groups in total. The van der Waals surface area contributed by atoms with E-state index in [0.29, 0.717) is 29.5 Å². The van der Waals surface area contributed by atoms with Crippen LogP contribution in [0, 0.1) is 12.7 Å². The second-order valence-corrected chi connectivity index (χ2v) is 7.83. The maximum absolute atomic E-state index is 13.2. The van der Waals surface area contributed by atoms with E-state index in [1.807, 2.05) is 19.1 Å². The fourth-order valence-corrected chi connectivity index (χ4v) is 3.59. The van der Waals surface area contributed by atoms with Crippen molar-refractivity contribution in [1.29, 1.82) is 0 Å². The summed E-state index contributed by atoms with van der Waals surface area (Å²) >= 11 is 6.09. The number of aryl methyl sites for hydroxylation is 1. The topological polar surface area (TPSA) is 67.1 Å². The quantitative estimate of drug-likeness (QED) is 0.537. The Balaban J connectivity index is 1.40. The van der Waals surface area contributed by atoms with Gasteiger partial charge in [0, 0.05) is 16.4 Å². The van der Waals surface area contributed by atoms with Crippen molar-refractivity contribution in [2.45, 2.75) is 6.92 Å². The highest BCUT2D eigenvalue weighted by Gasteiger charge is 2.26. The van der Waals surface area contributed by atoms with Crippen molar-refractivity contribution in [3.63, 3.8) is 0 Å². The van der Waals surface area contributed by atoms with E-state index in [-0.39, 0.29) is 17.6 Å². The standard InChI is InChI=1S/C21H24ClFN4O2/c1-15-5-6-18(12-19(15)22)25-21(29)14-27-9-7-26(8-10-27)13-20(28)24-17-4-2-3-16(23)11-17/h2-6,11-12H,7-10,13-14H2,1H3,(H,24,28)(H,25,29)/p+2. The van der Waals surface area contributed by atoms with E-state index >= 15 is 0 Å². The average molecular weight is 421 g/mol. The third-order valence-electron chi connectivity index (χ3n) is 5.05. The number of hydrogen-bond donors (Lipinski definition) is 4. The summed E-state index contributed by atoms with van der Waals surface area (Å²) in [7, 11) is 0. The average Bonchev–Trinajstić information content (AvgIpc) is 2.66. The van der Waals surface area contributed by atoms with Gasteiger partial charge in [0.2, 0.25) is 0 Å². The molecule has 2 aromatic rings. The van der Waals surface area contributed by atoms with Gasteiger partial charge in [0.05, 0.1) is 0 Å². The molecule has 154 valence electrons. The molecule has 2 aromatic carbocycles. The first-order valence-corrected chi connectivity index (χ1v) is 10.1. The number of anilines is 2. The second-order valence-electron chi connectivity index (χ2n) is 7.42. The summed E-state index contributed by atoms with van der Waals surface area (Å²) in [5, 5.41) is 6.24. The summed E-state index contributed by atoms with van der Waals surface area (Å²) in [4.78, 5) is 26.8. The van der Waals surface area contributed by atoms with Crippen molar-refractivity contribution in [3.8, 4) is 0 Å². The third-order valence-corrected chi connectivity index (χ3v) is 5.46. The van der Waals surface area contributed by atoms with E-state index in [2.05, 4.69) is 10.6 Å². The van der Waals surface area contributed by atoms with Gasteiger partial charge in [-0.3, -0.25) is 9.59 Å². The molecule has 1 saturated heterocycles. The van der Waals surface area contributed by atoms with E-state index in [0.717, 1.165) is 36.6 Å². The molecule has 8 heteroatoms. The number of hydrogen-bond acceptors (Lipinski definition) is 2. The minimum absolute atomic E-state index is 0.0489. The Morgan fingerprint density at radius 2 is 1.48 bits per heavy atom. The third kappa shape index (κ3) is 6.52. The number of benzene rings is 2. The van der Waals surface area contributed by atoms with Crippen molar-refractivity contribution in [1.82, 2.24) is 0 Å². The number of halogens is 2. The van der Waals surface area contributed by atoms with Crippen LogP contribution in [0.2, 0.25) is 5.02 Å². The predicted molar refractivity (Wildman–Crippen MR) is 111 cm³/mol. The number of rotatable bonds is 6. The van der Waals surface area contributed by atoms with Crippen LogP contribution >= 0.6 is 11.6 Å². The fraction of sp³-hybridized carbons (Fsp3) is 0.333. The Morgan fingerprint density at radius 1 is 0.931 bits per heavy atom. The number of carbonyl (C=O) groups is 2. The first kappa shape index (κ1) is 21.2. The number of nitrogens with one attached hydrogen (secondary N) is 4.